The van der Waals surface area contributed by atoms with Gasteiger partial charge in [-0.15, -0.1) is 0 Å². The molecule has 0 unspecified atom stereocenters. The van der Waals surface area contributed by atoms with Crippen molar-refractivity contribution in [2.45, 2.75) is 25.7 Å². The number of nitrogens with one attached hydrogen (secondary N) is 2. The summed E-state index contributed by atoms with van der Waals surface area (Å²) in [5.41, 5.74) is -0.0288. The summed E-state index contributed by atoms with van der Waals surface area (Å²) in [6.07, 6.45) is 9.99. The van der Waals surface area contributed by atoms with Crippen molar-refractivity contribution in [1.29, 1.82) is 0 Å². The fraction of sp³-hybridized carbons (Fsp3) is 0.417. The summed E-state index contributed by atoms with van der Waals surface area (Å²) in [6.45, 7) is 0. The van der Waals surface area contributed by atoms with E-state index in [4.69, 9.17) is 0 Å². The highest BCUT2D eigenvalue weighted by atomic mass is 16.2. The van der Waals surface area contributed by atoms with Gasteiger partial charge in [-0.05, 0) is 24.8 Å². The van der Waals surface area contributed by atoms with Crippen LogP contribution < -0.4 is 10.6 Å². The molecule has 0 radical (unpaired) electrons. The maximum absolute atomic E-state index is 11.3. The first-order valence-corrected chi connectivity index (χ1v) is 5.72. The summed E-state index contributed by atoms with van der Waals surface area (Å²) in [4.78, 5) is 33.5. The molecule has 0 bridgehead atoms. The molecule has 90 valence electrons. The quantitative estimate of drug-likeness (QED) is 0.553. The Hall–Kier alpha value is -1.91. The minimum absolute atomic E-state index is 0.0288. The molecule has 0 atom stereocenters. The van der Waals surface area contributed by atoms with E-state index in [-0.39, 0.29) is 5.57 Å². The minimum atomic E-state index is -0.767. The van der Waals surface area contributed by atoms with Gasteiger partial charge >= 0.3 is 6.03 Å². The molecule has 1 saturated heterocycles. The average Bonchev–Trinajstić information content (AvgIpc) is 2.74. The topological polar surface area (TPSA) is 75.3 Å². The number of carbonyl (C=O) groups is 3. The van der Waals surface area contributed by atoms with E-state index in [9.17, 15) is 14.4 Å². The molecule has 1 aliphatic carbocycles. The summed E-state index contributed by atoms with van der Waals surface area (Å²) in [5, 5.41) is 4.05. The first-order valence-electron chi connectivity index (χ1n) is 5.72. The Morgan fingerprint density at radius 3 is 2.18 bits per heavy atom. The minimum Gasteiger partial charge on any atom is -0.273 e. The lowest BCUT2D eigenvalue weighted by atomic mass is 10.1. The van der Waals surface area contributed by atoms with Crippen molar-refractivity contribution in [3.05, 3.63) is 23.8 Å². The SMILES string of the molecule is O=C1NC(=O)C(=C/C=C/C2CCCC2)C(=O)N1. The zero-order chi connectivity index (χ0) is 12.3. The maximum atomic E-state index is 11.3. The Kier molecular flexibility index (Phi) is 3.37. The Labute approximate surface area is 98.9 Å². The van der Waals surface area contributed by atoms with E-state index in [0.717, 1.165) is 12.8 Å². The molecule has 0 aromatic rings. The third-order valence-electron chi connectivity index (χ3n) is 2.99. The summed E-state index contributed by atoms with van der Waals surface area (Å²) in [5.74, 6) is -0.743. The van der Waals surface area contributed by atoms with Gasteiger partial charge in [-0.3, -0.25) is 20.2 Å². The van der Waals surface area contributed by atoms with Crippen LogP contribution in [0, 0.1) is 5.92 Å². The van der Waals surface area contributed by atoms with Gasteiger partial charge in [0.1, 0.15) is 5.57 Å². The molecule has 0 spiro atoms. The molecule has 4 amide bonds. The largest absolute Gasteiger partial charge is 0.328 e. The van der Waals surface area contributed by atoms with E-state index in [2.05, 4.69) is 0 Å². The van der Waals surface area contributed by atoms with Gasteiger partial charge in [-0.25, -0.2) is 4.79 Å². The van der Waals surface area contributed by atoms with E-state index < -0.39 is 17.8 Å². The molecule has 0 aromatic carbocycles. The lowest BCUT2D eigenvalue weighted by Crippen LogP contribution is -2.51. The molecule has 2 N–H and O–H groups in total. The molecular formula is C12H14N2O3. The fourth-order valence-corrected chi connectivity index (χ4v) is 2.09. The molecule has 5 nitrogen and oxygen atoms in total. The second kappa shape index (κ2) is 4.95. The van der Waals surface area contributed by atoms with Gasteiger partial charge < -0.3 is 0 Å². The molecule has 0 aromatic heterocycles. The van der Waals surface area contributed by atoms with Gasteiger partial charge in [0.15, 0.2) is 0 Å². The van der Waals surface area contributed by atoms with E-state index >= 15 is 0 Å². The van der Waals surface area contributed by atoms with Crippen LogP contribution in [-0.4, -0.2) is 17.8 Å². The molecule has 1 aliphatic heterocycles. The number of rotatable bonds is 2. The summed E-state index contributed by atoms with van der Waals surface area (Å²) >= 11 is 0. The molecule has 1 heterocycles. The van der Waals surface area contributed by atoms with Crippen molar-refractivity contribution in [1.82, 2.24) is 10.6 Å². The standard InChI is InChI=1S/C12H14N2O3/c15-10-9(11(16)14-12(17)13-10)7-3-6-8-4-1-2-5-8/h3,6-8H,1-2,4-5H2,(H2,13,14,15,16,17)/b6-3+. The van der Waals surface area contributed by atoms with Crippen LogP contribution in [0.25, 0.3) is 0 Å². The van der Waals surface area contributed by atoms with E-state index in [0.29, 0.717) is 5.92 Å². The van der Waals surface area contributed by atoms with Crippen LogP contribution in [0.2, 0.25) is 0 Å². The van der Waals surface area contributed by atoms with Crippen molar-refractivity contribution in [3.8, 4) is 0 Å². The highest BCUT2D eigenvalue weighted by Crippen LogP contribution is 2.25. The van der Waals surface area contributed by atoms with Gasteiger partial charge in [-0.2, -0.15) is 0 Å². The normalized spacial score (nSPS) is 21.9. The maximum Gasteiger partial charge on any atom is 0.328 e. The van der Waals surface area contributed by atoms with Gasteiger partial charge in [0.05, 0.1) is 0 Å². The van der Waals surface area contributed by atoms with Crippen molar-refractivity contribution in [2.24, 2.45) is 5.92 Å². The third kappa shape index (κ3) is 2.81. The van der Waals surface area contributed by atoms with Crippen molar-refractivity contribution in [2.75, 3.05) is 0 Å². The molecule has 2 aliphatic rings. The van der Waals surface area contributed by atoms with Gasteiger partial charge in [0.2, 0.25) is 0 Å². The van der Waals surface area contributed by atoms with Crippen LogP contribution in [0.5, 0.6) is 0 Å². The third-order valence-corrected chi connectivity index (χ3v) is 2.99. The Bertz CT molecular complexity index is 395. The zero-order valence-corrected chi connectivity index (χ0v) is 9.36. The van der Waals surface area contributed by atoms with Crippen LogP contribution in [-0.2, 0) is 9.59 Å². The molecule has 5 heteroatoms. The number of allylic oxidation sites excluding steroid dienone is 3. The fourth-order valence-electron chi connectivity index (χ4n) is 2.09. The highest BCUT2D eigenvalue weighted by molar-refractivity contribution is 6.28. The lowest BCUT2D eigenvalue weighted by molar-refractivity contribution is -0.124. The Balaban J connectivity index is 2.02. The van der Waals surface area contributed by atoms with Crippen LogP contribution in [0.15, 0.2) is 23.8 Å². The van der Waals surface area contributed by atoms with Crippen LogP contribution >= 0.6 is 0 Å². The first kappa shape index (κ1) is 11.6. The molecule has 2 rings (SSSR count). The predicted molar refractivity (Wildman–Crippen MR) is 60.9 cm³/mol. The van der Waals surface area contributed by atoms with E-state index in [1.807, 2.05) is 16.7 Å². The number of carbonyl (C=O) groups excluding carboxylic acids is 3. The summed E-state index contributed by atoms with van der Waals surface area (Å²) in [7, 11) is 0. The van der Waals surface area contributed by atoms with E-state index in [1.54, 1.807) is 6.08 Å². The summed E-state index contributed by atoms with van der Waals surface area (Å²) in [6, 6.07) is -0.767. The van der Waals surface area contributed by atoms with Gasteiger partial charge in [0, 0.05) is 0 Å². The van der Waals surface area contributed by atoms with Crippen LogP contribution in [0.4, 0.5) is 4.79 Å². The first-order chi connectivity index (χ1) is 8.16. The van der Waals surface area contributed by atoms with Gasteiger partial charge in [-0.1, -0.05) is 25.0 Å². The zero-order valence-electron chi connectivity index (χ0n) is 9.36. The van der Waals surface area contributed by atoms with Crippen molar-refractivity contribution >= 4 is 17.8 Å². The number of amides is 4. The second-order valence-electron chi connectivity index (χ2n) is 4.25. The van der Waals surface area contributed by atoms with Crippen LogP contribution in [0.3, 0.4) is 0 Å². The van der Waals surface area contributed by atoms with Crippen LogP contribution in [0.1, 0.15) is 25.7 Å². The number of barbiturate groups is 1. The molecular weight excluding hydrogens is 220 g/mol. The number of imide groups is 2. The Morgan fingerprint density at radius 2 is 1.59 bits per heavy atom. The average molecular weight is 234 g/mol. The predicted octanol–water partition coefficient (Wildman–Crippen LogP) is 1.03. The number of hydrogen-bond acceptors (Lipinski definition) is 3. The molecule has 2 fully saturated rings. The lowest BCUT2D eigenvalue weighted by Gasteiger charge is -2.13. The van der Waals surface area contributed by atoms with Crippen molar-refractivity contribution < 1.29 is 14.4 Å². The number of urea groups is 1. The molecule has 1 saturated carbocycles. The monoisotopic (exact) mass is 234 g/mol. The number of hydrogen-bond donors (Lipinski definition) is 2. The van der Waals surface area contributed by atoms with Crippen molar-refractivity contribution in [3.63, 3.8) is 0 Å². The molecule has 17 heavy (non-hydrogen) atoms. The highest BCUT2D eigenvalue weighted by Gasteiger charge is 2.26. The second-order valence-corrected chi connectivity index (χ2v) is 4.25. The smallest absolute Gasteiger partial charge is 0.273 e. The summed E-state index contributed by atoms with van der Waals surface area (Å²) < 4.78 is 0. The van der Waals surface area contributed by atoms with E-state index in [1.165, 1.54) is 18.9 Å². The Morgan fingerprint density at radius 1 is 1.00 bits per heavy atom. The van der Waals surface area contributed by atoms with Gasteiger partial charge in [0.25, 0.3) is 11.8 Å².